The molecule has 1 aliphatic rings. The van der Waals surface area contributed by atoms with Crippen LogP contribution in [0.4, 0.5) is 10.1 Å². The Morgan fingerprint density at radius 3 is 2.67 bits per heavy atom. The molecule has 0 spiro atoms. The normalized spacial score (nSPS) is 15.9. The number of anilines is 1. The van der Waals surface area contributed by atoms with E-state index in [0.29, 0.717) is 11.5 Å². The van der Waals surface area contributed by atoms with Gasteiger partial charge in [-0.1, -0.05) is 18.2 Å². The number of amides is 1. The maximum Gasteiger partial charge on any atom is 0.240 e. The molecule has 1 atom stereocenters. The van der Waals surface area contributed by atoms with Gasteiger partial charge < -0.3 is 14.8 Å². The zero-order valence-electron chi connectivity index (χ0n) is 14.6. The van der Waals surface area contributed by atoms with Crippen LogP contribution in [0.3, 0.4) is 0 Å². The van der Waals surface area contributed by atoms with Gasteiger partial charge >= 0.3 is 0 Å². The van der Waals surface area contributed by atoms with Crippen molar-refractivity contribution in [3.63, 3.8) is 0 Å². The highest BCUT2D eigenvalue weighted by atomic mass is 32.2. The molecule has 27 heavy (non-hydrogen) atoms. The summed E-state index contributed by atoms with van der Waals surface area (Å²) in [6.45, 7) is -0.0582. The number of hydrogen-bond donors (Lipinski definition) is 1. The molecule has 0 aliphatic carbocycles. The van der Waals surface area contributed by atoms with Crippen LogP contribution in [0.1, 0.15) is 0 Å². The standard InChI is InChI=1S/C18H19FN2O5S/c1-27(23,24)21(14-6-4-5-13(19)9-14)11-18(22)20-10-15-12-25-16-7-2-3-8-17(16)26-15/h2-9,15H,10-12H2,1H3,(H,20,22)/t15-/m1/s1. The predicted molar refractivity (Wildman–Crippen MR) is 98.0 cm³/mol. The minimum atomic E-state index is -3.76. The van der Waals surface area contributed by atoms with Crippen molar-refractivity contribution in [3.8, 4) is 11.5 Å². The molecule has 1 amide bonds. The van der Waals surface area contributed by atoms with Gasteiger partial charge in [-0.25, -0.2) is 12.8 Å². The van der Waals surface area contributed by atoms with Gasteiger partial charge in [0.2, 0.25) is 15.9 Å². The van der Waals surface area contributed by atoms with Crippen molar-refractivity contribution in [1.29, 1.82) is 0 Å². The number of fused-ring (bicyclic) bond motifs is 1. The van der Waals surface area contributed by atoms with Gasteiger partial charge in [-0.2, -0.15) is 0 Å². The fourth-order valence-electron chi connectivity index (χ4n) is 2.61. The average Bonchev–Trinajstić information content (AvgIpc) is 2.63. The van der Waals surface area contributed by atoms with Crippen LogP contribution in [-0.4, -0.2) is 46.4 Å². The SMILES string of the molecule is CS(=O)(=O)N(CC(=O)NC[C@@H]1COc2ccccc2O1)c1cccc(F)c1. The lowest BCUT2D eigenvalue weighted by Crippen LogP contribution is -2.45. The van der Waals surface area contributed by atoms with Crippen molar-refractivity contribution in [2.45, 2.75) is 6.10 Å². The van der Waals surface area contributed by atoms with Gasteiger partial charge in [0.15, 0.2) is 11.5 Å². The van der Waals surface area contributed by atoms with E-state index >= 15 is 0 Å². The Bertz CT molecular complexity index is 935. The first-order valence-electron chi connectivity index (χ1n) is 8.21. The second kappa shape index (κ2) is 7.83. The van der Waals surface area contributed by atoms with Crippen LogP contribution in [0.25, 0.3) is 0 Å². The quantitative estimate of drug-likeness (QED) is 0.804. The van der Waals surface area contributed by atoms with E-state index in [2.05, 4.69) is 5.32 Å². The van der Waals surface area contributed by atoms with Crippen molar-refractivity contribution in [2.24, 2.45) is 0 Å². The number of sulfonamides is 1. The second-order valence-corrected chi connectivity index (χ2v) is 7.96. The summed E-state index contributed by atoms with van der Waals surface area (Å²) in [5.41, 5.74) is 0.0822. The van der Waals surface area contributed by atoms with Gasteiger partial charge in [0.05, 0.1) is 18.5 Å². The van der Waals surface area contributed by atoms with E-state index in [9.17, 15) is 17.6 Å². The molecule has 2 aromatic rings. The van der Waals surface area contributed by atoms with Crippen LogP contribution < -0.4 is 19.1 Å². The zero-order valence-corrected chi connectivity index (χ0v) is 15.4. The summed E-state index contributed by atoms with van der Waals surface area (Å²) in [5.74, 6) is 0.0927. The average molecular weight is 394 g/mol. The van der Waals surface area contributed by atoms with Crippen molar-refractivity contribution >= 4 is 21.6 Å². The number of hydrogen-bond acceptors (Lipinski definition) is 5. The Kier molecular flexibility index (Phi) is 5.50. The molecule has 0 aromatic heterocycles. The number of carbonyl (C=O) groups is 1. The fraction of sp³-hybridized carbons (Fsp3) is 0.278. The first-order chi connectivity index (χ1) is 12.8. The minimum absolute atomic E-state index is 0.0822. The topological polar surface area (TPSA) is 84.9 Å². The van der Waals surface area contributed by atoms with Crippen molar-refractivity contribution in [3.05, 3.63) is 54.3 Å². The lowest BCUT2D eigenvalue weighted by Gasteiger charge is -2.27. The van der Waals surface area contributed by atoms with Gasteiger partial charge in [0, 0.05) is 0 Å². The molecular weight excluding hydrogens is 375 g/mol. The van der Waals surface area contributed by atoms with Gasteiger partial charge in [-0.3, -0.25) is 9.10 Å². The van der Waals surface area contributed by atoms with E-state index in [-0.39, 0.29) is 18.8 Å². The Labute approximate surface area is 156 Å². The van der Waals surface area contributed by atoms with Crippen LogP contribution in [0.15, 0.2) is 48.5 Å². The largest absolute Gasteiger partial charge is 0.486 e. The molecule has 144 valence electrons. The van der Waals surface area contributed by atoms with E-state index in [1.165, 1.54) is 18.2 Å². The van der Waals surface area contributed by atoms with Crippen LogP contribution >= 0.6 is 0 Å². The summed E-state index contributed by atoms with van der Waals surface area (Å²) in [7, 11) is -3.76. The Balaban J connectivity index is 1.60. The third-order valence-corrected chi connectivity index (χ3v) is 5.02. The molecule has 0 saturated heterocycles. The Hall–Kier alpha value is -2.81. The number of benzene rings is 2. The molecule has 0 bridgehead atoms. The Morgan fingerprint density at radius 1 is 1.22 bits per heavy atom. The monoisotopic (exact) mass is 394 g/mol. The third-order valence-electron chi connectivity index (χ3n) is 3.88. The molecule has 1 N–H and O–H groups in total. The van der Waals surface area contributed by atoms with E-state index in [4.69, 9.17) is 9.47 Å². The highest BCUT2D eigenvalue weighted by Crippen LogP contribution is 2.30. The Morgan fingerprint density at radius 2 is 1.96 bits per heavy atom. The maximum absolute atomic E-state index is 13.4. The fourth-order valence-corrected chi connectivity index (χ4v) is 3.46. The number of carbonyl (C=O) groups excluding carboxylic acids is 1. The van der Waals surface area contributed by atoms with E-state index in [1.54, 1.807) is 12.1 Å². The summed E-state index contributed by atoms with van der Waals surface area (Å²) in [4.78, 5) is 12.2. The van der Waals surface area contributed by atoms with Crippen LogP contribution in [-0.2, 0) is 14.8 Å². The van der Waals surface area contributed by atoms with Gasteiger partial charge in [0.1, 0.15) is 25.1 Å². The first kappa shape index (κ1) is 19.0. The number of nitrogens with zero attached hydrogens (tertiary/aromatic N) is 1. The van der Waals surface area contributed by atoms with Crippen molar-refractivity contribution in [2.75, 3.05) is 30.3 Å². The van der Waals surface area contributed by atoms with E-state index in [0.717, 1.165) is 16.6 Å². The molecule has 1 aliphatic heterocycles. The maximum atomic E-state index is 13.4. The second-order valence-electron chi connectivity index (χ2n) is 6.05. The highest BCUT2D eigenvalue weighted by Gasteiger charge is 2.24. The molecule has 7 nitrogen and oxygen atoms in total. The van der Waals surface area contributed by atoms with Gasteiger partial charge in [-0.05, 0) is 30.3 Å². The third kappa shape index (κ3) is 4.88. The smallest absolute Gasteiger partial charge is 0.240 e. The number of rotatable bonds is 6. The molecule has 0 fully saturated rings. The summed E-state index contributed by atoms with van der Waals surface area (Å²) >= 11 is 0. The molecule has 1 heterocycles. The lowest BCUT2D eigenvalue weighted by molar-refractivity contribution is -0.120. The van der Waals surface area contributed by atoms with E-state index in [1.807, 2.05) is 12.1 Å². The molecule has 2 aromatic carbocycles. The van der Waals surface area contributed by atoms with Gasteiger partial charge in [0.25, 0.3) is 0 Å². The summed E-state index contributed by atoms with van der Waals surface area (Å²) in [6, 6.07) is 12.2. The summed E-state index contributed by atoms with van der Waals surface area (Å²) in [5, 5.41) is 2.63. The van der Waals surface area contributed by atoms with Crippen molar-refractivity contribution < 1.29 is 27.1 Å². The minimum Gasteiger partial charge on any atom is -0.486 e. The predicted octanol–water partition coefficient (Wildman–Crippen LogP) is 1.55. The van der Waals surface area contributed by atoms with Crippen LogP contribution in [0.2, 0.25) is 0 Å². The number of ether oxygens (including phenoxy) is 2. The number of halogens is 1. The van der Waals surface area contributed by atoms with E-state index < -0.39 is 34.4 Å². The molecule has 0 saturated carbocycles. The van der Waals surface area contributed by atoms with Crippen LogP contribution in [0.5, 0.6) is 11.5 Å². The summed E-state index contributed by atoms with van der Waals surface area (Å²) in [6.07, 6.45) is 0.560. The zero-order chi connectivity index (χ0) is 19.4. The molecule has 9 heteroatoms. The highest BCUT2D eigenvalue weighted by molar-refractivity contribution is 7.92. The molecule has 3 rings (SSSR count). The first-order valence-corrected chi connectivity index (χ1v) is 10.1. The summed E-state index contributed by atoms with van der Waals surface area (Å²) < 4.78 is 49.6. The number of para-hydroxylation sites is 2. The van der Waals surface area contributed by atoms with Crippen LogP contribution in [0, 0.1) is 5.82 Å². The molecule has 0 unspecified atom stereocenters. The lowest BCUT2D eigenvalue weighted by atomic mass is 10.2. The van der Waals surface area contributed by atoms with Gasteiger partial charge in [-0.15, -0.1) is 0 Å². The molecule has 0 radical (unpaired) electrons. The van der Waals surface area contributed by atoms with Crippen molar-refractivity contribution in [1.82, 2.24) is 5.32 Å². The molecular formula is C18H19FN2O5S. The number of nitrogens with one attached hydrogen (secondary N) is 1.